The molecule has 0 heterocycles. The van der Waals surface area contributed by atoms with Crippen molar-refractivity contribution in [2.45, 2.75) is 51.4 Å². The number of nitrogens with one attached hydrogen (secondary N) is 1. The van der Waals surface area contributed by atoms with Gasteiger partial charge >= 0.3 is 18.0 Å². The van der Waals surface area contributed by atoms with Crippen LogP contribution in [0.1, 0.15) is 38.3 Å². The van der Waals surface area contributed by atoms with Gasteiger partial charge in [0.2, 0.25) is 0 Å². The summed E-state index contributed by atoms with van der Waals surface area (Å²) in [6.07, 6.45) is -1.69. The molecule has 0 radical (unpaired) electrons. The van der Waals surface area contributed by atoms with Crippen molar-refractivity contribution in [1.29, 1.82) is 0 Å². The molecule has 1 unspecified atom stereocenters. The predicted molar refractivity (Wildman–Crippen MR) is 117 cm³/mol. The van der Waals surface area contributed by atoms with Gasteiger partial charge in [-0.15, -0.1) is 0 Å². The van der Waals surface area contributed by atoms with Gasteiger partial charge in [-0.3, -0.25) is 4.79 Å². The van der Waals surface area contributed by atoms with Crippen molar-refractivity contribution in [2.75, 3.05) is 7.11 Å². The SMILES string of the molecule is COC(=O)C(CC(=O)O)(Cc1ccc(OCc2ccccc2)cc1)NC(=O)OC(C)(C)C. The lowest BCUT2D eigenvalue weighted by molar-refractivity contribution is -0.154. The Balaban J connectivity index is 2.20. The first-order valence-electron chi connectivity index (χ1n) is 10.1. The molecule has 172 valence electrons. The Labute approximate surface area is 187 Å². The number of methoxy groups -OCH3 is 1. The largest absolute Gasteiger partial charge is 0.489 e. The number of benzene rings is 2. The Kier molecular flexibility index (Phi) is 8.23. The molecule has 8 heteroatoms. The third-order valence-corrected chi connectivity index (χ3v) is 4.45. The van der Waals surface area contributed by atoms with Crippen molar-refractivity contribution in [2.24, 2.45) is 0 Å². The van der Waals surface area contributed by atoms with E-state index in [1.807, 2.05) is 30.3 Å². The van der Waals surface area contributed by atoms with Crippen LogP contribution >= 0.6 is 0 Å². The number of alkyl carbamates (subject to hydrolysis) is 1. The van der Waals surface area contributed by atoms with Gasteiger partial charge in [0, 0.05) is 6.42 Å². The van der Waals surface area contributed by atoms with Crippen LogP contribution in [0.3, 0.4) is 0 Å². The third kappa shape index (κ3) is 7.61. The normalized spacial score (nSPS) is 12.9. The van der Waals surface area contributed by atoms with Crippen LogP contribution in [0.2, 0.25) is 0 Å². The molecule has 8 nitrogen and oxygen atoms in total. The fraction of sp³-hybridized carbons (Fsp3) is 0.375. The number of esters is 1. The summed E-state index contributed by atoms with van der Waals surface area (Å²) in [6.45, 7) is 5.39. The zero-order valence-corrected chi connectivity index (χ0v) is 18.7. The summed E-state index contributed by atoms with van der Waals surface area (Å²) in [4.78, 5) is 36.6. The highest BCUT2D eigenvalue weighted by atomic mass is 16.6. The van der Waals surface area contributed by atoms with E-state index in [1.165, 1.54) is 0 Å². The molecule has 32 heavy (non-hydrogen) atoms. The Morgan fingerprint density at radius 2 is 1.56 bits per heavy atom. The number of rotatable bonds is 9. The van der Waals surface area contributed by atoms with Crippen molar-refractivity contribution in [1.82, 2.24) is 5.32 Å². The van der Waals surface area contributed by atoms with E-state index in [4.69, 9.17) is 14.2 Å². The van der Waals surface area contributed by atoms with E-state index in [0.29, 0.717) is 17.9 Å². The predicted octanol–water partition coefficient (Wildman–Crippen LogP) is 3.72. The van der Waals surface area contributed by atoms with Gasteiger partial charge in [0.15, 0.2) is 5.54 Å². The molecule has 0 saturated heterocycles. The smallest absolute Gasteiger partial charge is 0.408 e. The first kappa shape index (κ1) is 24.7. The van der Waals surface area contributed by atoms with Crippen LogP contribution in [0.4, 0.5) is 4.79 Å². The van der Waals surface area contributed by atoms with E-state index in [-0.39, 0.29) is 6.42 Å². The van der Waals surface area contributed by atoms with Crippen LogP contribution in [0.5, 0.6) is 5.75 Å². The highest BCUT2D eigenvalue weighted by Gasteiger charge is 2.44. The molecule has 0 aliphatic carbocycles. The minimum atomic E-state index is -1.84. The summed E-state index contributed by atoms with van der Waals surface area (Å²) in [5, 5.41) is 11.9. The van der Waals surface area contributed by atoms with Crippen molar-refractivity contribution < 1.29 is 33.7 Å². The van der Waals surface area contributed by atoms with Gasteiger partial charge in [-0.25, -0.2) is 9.59 Å². The van der Waals surface area contributed by atoms with E-state index in [1.54, 1.807) is 45.0 Å². The van der Waals surface area contributed by atoms with Gasteiger partial charge in [0.1, 0.15) is 18.0 Å². The van der Waals surface area contributed by atoms with Crippen molar-refractivity contribution in [3.05, 3.63) is 65.7 Å². The molecule has 0 bridgehead atoms. The van der Waals surface area contributed by atoms with Gasteiger partial charge in [0.25, 0.3) is 0 Å². The molecule has 2 rings (SSSR count). The van der Waals surface area contributed by atoms with E-state index < -0.39 is 35.6 Å². The minimum absolute atomic E-state index is 0.107. The van der Waals surface area contributed by atoms with Crippen molar-refractivity contribution in [3.8, 4) is 5.75 Å². The maximum absolute atomic E-state index is 12.6. The van der Waals surface area contributed by atoms with Crippen LogP contribution < -0.4 is 10.1 Å². The summed E-state index contributed by atoms with van der Waals surface area (Å²) in [5.74, 6) is -1.54. The van der Waals surface area contributed by atoms with Crippen LogP contribution in [0.15, 0.2) is 54.6 Å². The highest BCUT2D eigenvalue weighted by molar-refractivity contribution is 5.90. The minimum Gasteiger partial charge on any atom is -0.489 e. The number of hydrogen-bond acceptors (Lipinski definition) is 6. The number of carbonyl (C=O) groups excluding carboxylic acids is 2. The Bertz CT molecular complexity index is 920. The zero-order chi connectivity index (χ0) is 23.8. The van der Waals surface area contributed by atoms with Crippen LogP contribution in [-0.2, 0) is 32.1 Å². The maximum Gasteiger partial charge on any atom is 0.408 e. The lowest BCUT2D eigenvalue weighted by Crippen LogP contribution is -2.58. The average Bonchev–Trinajstić information content (AvgIpc) is 2.71. The molecule has 2 N–H and O–H groups in total. The molecule has 1 atom stereocenters. The number of carboxylic acids is 1. The quantitative estimate of drug-likeness (QED) is 0.568. The van der Waals surface area contributed by atoms with Gasteiger partial charge in [-0.2, -0.15) is 0 Å². The van der Waals surface area contributed by atoms with E-state index in [0.717, 1.165) is 12.7 Å². The second-order valence-electron chi connectivity index (χ2n) is 8.37. The number of carboxylic acid groups (broad SMARTS) is 1. The molecule has 0 saturated carbocycles. The fourth-order valence-electron chi connectivity index (χ4n) is 3.09. The zero-order valence-electron chi connectivity index (χ0n) is 18.7. The first-order chi connectivity index (χ1) is 15.0. The van der Waals surface area contributed by atoms with Gasteiger partial charge < -0.3 is 24.6 Å². The second-order valence-corrected chi connectivity index (χ2v) is 8.37. The molecular weight excluding hydrogens is 414 g/mol. The molecule has 1 amide bonds. The monoisotopic (exact) mass is 443 g/mol. The van der Waals surface area contributed by atoms with E-state index >= 15 is 0 Å². The molecule has 0 aromatic heterocycles. The van der Waals surface area contributed by atoms with Gasteiger partial charge in [-0.05, 0) is 44.0 Å². The Morgan fingerprint density at radius 1 is 0.938 bits per heavy atom. The third-order valence-electron chi connectivity index (χ3n) is 4.45. The van der Waals surface area contributed by atoms with Crippen LogP contribution in [-0.4, -0.2) is 41.4 Å². The van der Waals surface area contributed by atoms with E-state index in [2.05, 4.69) is 5.32 Å². The summed E-state index contributed by atoms with van der Waals surface area (Å²) in [7, 11) is 1.14. The molecule has 0 spiro atoms. The summed E-state index contributed by atoms with van der Waals surface area (Å²) in [5.41, 5.74) is -1.04. The van der Waals surface area contributed by atoms with Crippen molar-refractivity contribution >= 4 is 18.0 Å². The average molecular weight is 443 g/mol. The van der Waals surface area contributed by atoms with Crippen LogP contribution in [0, 0.1) is 0 Å². The molecule has 2 aromatic rings. The van der Waals surface area contributed by atoms with E-state index in [9.17, 15) is 19.5 Å². The molecule has 0 aliphatic heterocycles. The molecular formula is C24H29NO7. The highest BCUT2D eigenvalue weighted by Crippen LogP contribution is 2.23. The lowest BCUT2D eigenvalue weighted by Gasteiger charge is -2.32. The van der Waals surface area contributed by atoms with Crippen molar-refractivity contribution in [3.63, 3.8) is 0 Å². The Hall–Kier alpha value is -3.55. The molecule has 0 aliphatic rings. The maximum atomic E-state index is 12.6. The summed E-state index contributed by atoms with van der Waals surface area (Å²) >= 11 is 0. The molecule has 2 aromatic carbocycles. The number of carbonyl (C=O) groups is 3. The number of aliphatic carboxylic acids is 1. The summed E-state index contributed by atoms with van der Waals surface area (Å²) in [6, 6.07) is 16.5. The Morgan fingerprint density at radius 3 is 2.09 bits per heavy atom. The number of hydrogen-bond donors (Lipinski definition) is 2. The lowest BCUT2D eigenvalue weighted by atomic mass is 9.87. The fourth-order valence-corrected chi connectivity index (χ4v) is 3.09. The second kappa shape index (κ2) is 10.7. The topological polar surface area (TPSA) is 111 Å². The first-order valence-corrected chi connectivity index (χ1v) is 10.1. The molecule has 0 fully saturated rings. The summed E-state index contributed by atoms with van der Waals surface area (Å²) < 4.78 is 15.8. The van der Waals surface area contributed by atoms with Gasteiger partial charge in [0.05, 0.1) is 13.5 Å². The number of ether oxygens (including phenoxy) is 3. The standard InChI is InChI=1S/C24H29NO7/c1-23(2,3)32-22(29)25-24(15-20(26)27,21(28)30-4)14-17-10-12-19(13-11-17)31-16-18-8-6-5-7-9-18/h5-13H,14-16H2,1-4H3,(H,25,29)(H,26,27). The number of amides is 1. The van der Waals surface area contributed by atoms with Crippen LogP contribution in [0.25, 0.3) is 0 Å². The van der Waals surface area contributed by atoms with Gasteiger partial charge in [-0.1, -0.05) is 42.5 Å².